The summed E-state index contributed by atoms with van der Waals surface area (Å²) in [5, 5.41) is 15.4. The molecule has 3 N–H and O–H groups in total. The van der Waals surface area contributed by atoms with Crippen LogP contribution in [0.15, 0.2) is 47.0 Å². The van der Waals surface area contributed by atoms with Gasteiger partial charge in [0.25, 0.3) is 11.8 Å². The van der Waals surface area contributed by atoms with Crippen molar-refractivity contribution < 1.29 is 19.1 Å². The second kappa shape index (κ2) is 6.40. The molecule has 0 saturated carbocycles. The highest BCUT2D eigenvalue weighted by Gasteiger charge is 2.52. The Morgan fingerprint density at radius 2 is 2.17 bits per heavy atom. The van der Waals surface area contributed by atoms with E-state index < -0.39 is 17.8 Å². The van der Waals surface area contributed by atoms with E-state index >= 15 is 0 Å². The minimum Gasteiger partial charge on any atom is -0.457 e. The summed E-state index contributed by atoms with van der Waals surface area (Å²) >= 11 is 0. The number of carbonyl (C=O) groups is 2. The number of fused-ring (bicyclic) bond motifs is 2. The molecule has 5 rings (SSSR count). The molecule has 2 aliphatic rings. The number of furan rings is 1. The zero-order valence-corrected chi connectivity index (χ0v) is 15.8. The van der Waals surface area contributed by atoms with Gasteiger partial charge in [-0.3, -0.25) is 19.9 Å². The Morgan fingerprint density at radius 1 is 1.31 bits per heavy atom. The largest absolute Gasteiger partial charge is 0.457 e. The maximum absolute atomic E-state index is 13.0. The van der Waals surface area contributed by atoms with E-state index in [2.05, 4.69) is 15.6 Å². The van der Waals surface area contributed by atoms with Crippen LogP contribution in [0.2, 0.25) is 0 Å². The quantitative estimate of drug-likeness (QED) is 0.617. The molecule has 1 saturated heterocycles. The summed E-state index contributed by atoms with van der Waals surface area (Å²) in [6.45, 7) is 2.45. The van der Waals surface area contributed by atoms with Gasteiger partial charge >= 0.3 is 0 Å². The van der Waals surface area contributed by atoms with E-state index in [-0.39, 0.29) is 12.5 Å². The van der Waals surface area contributed by atoms with Crippen LogP contribution >= 0.6 is 0 Å². The first kappa shape index (κ1) is 17.8. The Bertz CT molecular complexity index is 1110. The van der Waals surface area contributed by atoms with Crippen molar-refractivity contribution in [1.29, 1.82) is 0 Å². The lowest BCUT2D eigenvalue weighted by molar-refractivity contribution is -0.125. The monoisotopic (exact) mass is 392 g/mol. The fourth-order valence-corrected chi connectivity index (χ4v) is 4.08. The number of aliphatic hydroxyl groups is 1. The second-order valence-electron chi connectivity index (χ2n) is 7.43. The summed E-state index contributed by atoms with van der Waals surface area (Å²) < 4.78 is 5.90. The number of pyridine rings is 1. The molecule has 2 aliphatic heterocycles. The average molecular weight is 392 g/mol. The van der Waals surface area contributed by atoms with Gasteiger partial charge in [-0.15, -0.1) is 0 Å². The van der Waals surface area contributed by atoms with E-state index in [4.69, 9.17) is 4.42 Å². The van der Waals surface area contributed by atoms with Gasteiger partial charge < -0.3 is 19.7 Å². The van der Waals surface area contributed by atoms with Crippen LogP contribution in [0.4, 0.5) is 0 Å². The van der Waals surface area contributed by atoms with Gasteiger partial charge in [-0.1, -0.05) is 19.1 Å². The standard InChI is InChI=1S/C21H20N4O4/c1-2-12-5-6-13-10-25(18(26)14(13)8-12)11-21(19(27)23-20(28)24-21)17-9-15-16(29-17)4-3-7-22-15/h3-9,20,24,28H,2,10-11H2,1H3,(H,23,27). The van der Waals surface area contributed by atoms with Crippen LogP contribution in [0.3, 0.4) is 0 Å². The first-order valence-electron chi connectivity index (χ1n) is 9.53. The van der Waals surface area contributed by atoms with Crippen molar-refractivity contribution in [2.45, 2.75) is 31.8 Å². The zero-order valence-electron chi connectivity index (χ0n) is 15.8. The molecule has 3 aromatic rings. The van der Waals surface area contributed by atoms with Crippen LogP contribution in [0.25, 0.3) is 11.1 Å². The van der Waals surface area contributed by atoms with Gasteiger partial charge in [0.1, 0.15) is 11.3 Å². The zero-order chi connectivity index (χ0) is 20.2. The maximum atomic E-state index is 13.0. The predicted octanol–water partition coefficient (Wildman–Crippen LogP) is 1.24. The van der Waals surface area contributed by atoms with Crippen molar-refractivity contribution in [3.8, 4) is 0 Å². The Hall–Kier alpha value is -3.23. The second-order valence-corrected chi connectivity index (χ2v) is 7.43. The fraction of sp³-hybridized carbons (Fsp3) is 0.286. The van der Waals surface area contributed by atoms with Crippen molar-refractivity contribution >= 4 is 22.9 Å². The van der Waals surface area contributed by atoms with E-state index in [0.29, 0.717) is 29.0 Å². The molecule has 0 spiro atoms. The SMILES string of the molecule is CCc1ccc2c(c1)C(=O)N(CC1(c3cc4ncccc4o3)NC(O)NC1=O)C2. The van der Waals surface area contributed by atoms with E-state index in [1.165, 1.54) is 0 Å². The molecule has 1 fully saturated rings. The lowest BCUT2D eigenvalue weighted by atomic mass is 9.95. The summed E-state index contributed by atoms with van der Waals surface area (Å²) in [6.07, 6.45) is 1.24. The maximum Gasteiger partial charge on any atom is 0.254 e. The number of hydrogen-bond donors (Lipinski definition) is 3. The van der Waals surface area contributed by atoms with Crippen molar-refractivity contribution in [3.05, 3.63) is 65.0 Å². The summed E-state index contributed by atoms with van der Waals surface area (Å²) in [6, 6.07) is 11.0. The average Bonchev–Trinajstić information content (AvgIpc) is 3.36. The first-order chi connectivity index (χ1) is 14.0. The topological polar surface area (TPSA) is 108 Å². The van der Waals surface area contributed by atoms with Crippen LogP contribution in [0.1, 0.15) is 34.2 Å². The molecule has 8 nitrogen and oxygen atoms in total. The van der Waals surface area contributed by atoms with Crippen LogP contribution in [0, 0.1) is 0 Å². The highest BCUT2D eigenvalue weighted by atomic mass is 16.3. The van der Waals surface area contributed by atoms with Crippen molar-refractivity contribution in [1.82, 2.24) is 20.5 Å². The van der Waals surface area contributed by atoms with E-state index in [0.717, 1.165) is 17.5 Å². The van der Waals surface area contributed by atoms with Gasteiger partial charge in [-0.25, -0.2) is 0 Å². The predicted molar refractivity (Wildman–Crippen MR) is 104 cm³/mol. The Labute approximate surface area is 166 Å². The number of aryl methyl sites for hydroxylation is 1. The van der Waals surface area contributed by atoms with E-state index in [1.807, 2.05) is 25.1 Å². The summed E-state index contributed by atoms with van der Waals surface area (Å²) in [5.74, 6) is -0.291. The Kier molecular flexibility index (Phi) is 3.94. The highest BCUT2D eigenvalue weighted by molar-refractivity contribution is 5.99. The van der Waals surface area contributed by atoms with Gasteiger partial charge in [0.2, 0.25) is 0 Å². The number of nitrogens with one attached hydrogen (secondary N) is 2. The number of carbonyl (C=O) groups excluding carboxylic acids is 2. The minimum atomic E-state index is -1.41. The smallest absolute Gasteiger partial charge is 0.254 e. The molecular weight excluding hydrogens is 372 g/mol. The van der Waals surface area contributed by atoms with Gasteiger partial charge in [0.05, 0.1) is 6.54 Å². The molecule has 2 amide bonds. The number of rotatable bonds is 4. The summed E-state index contributed by atoms with van der Waals surface area (Å²) in [4.78, 5) is 31.8. The van der Waals surface area contributed by atoms with Gasteiger partial charge in [0, 0.05) is 24.4 Å². The third-order valence-corrected chi connectivity index (χ3v) is 5.64. The molecule has 2 unspecified atom stereocenters. The minimum absolute atomic E-state index is 0.0185. The first-order valence-corrected chi connectivity index (χ1v) is 9.53. The number of aromatic nitrogens is 1. The third-order valence-electron chi connectivity index (χ3n) is 5.64. The van der Waals surface area contributed by atoms with Crippen LogP contribution in [-0.2, 0) is 23.3 Å². The lowest BCUT2D eigenvalue weighted by Gasteiger charge is -2.29. The third kappa shape index (κ3) is 2.72. The lowest BCUT2D eigenvalue weighted by Crippen LogP contribution is -2.53. The van der Waals surface area contributed by atoms with Crippen molar-refractivity contribution in [2.75, 3.05) is 6.54 Å². The molecule has 0 radical (unpaired) electrons. The Morgan fingerprint density at radius 3 is 2.90 bits per heavy atom. The van der Waals surface area contributed by atoms with Crippen LogP contribution < -0.4 is 10.6 Å². The molecule has 8 heteroatoms. The van der Waals surface area contributed by atoms with Crippen LogP contribution in [-0.4, -0.2) is 39.7 Å². The number of nitrogens with zero attached hydrogens (tertiary/aromatic N) is 2. The van der Waals surface area contributed by atoms with Gasteiger partial charge in [0.15, 0.2) is 17.5 Å². The number of aliphatic hydroxyl groups excluding tert-OH is 1. The van der Waals surface area contributed by atoms with Gasteiger partial charge in [-0.05, 0) is 35.7 Å². The molecular formula is C21H20N4O4. The Balaban J connectivity index is 1.54. The number of benzene rings is 1. The molecule has 148 valence electrons. The molecule has 29 heavy (non-hydrogen) atoms. The molecule has 4 heterocycles. The number of hydrogen-bond acceptors (Lipinski definition) is 6. The van der Waals surface area contributed by atoms with Crippen molar-refractivity contribution in [2.24, 2.45) is 0 Å². The number of amides is 2. The van der Waals surface area contributed by atoms with E-state index in [9.17, 15) is 14.7 Å². The molecule has 0 bridgehead atoms. The van der Waals surface area contributed by atoms with Gasteiger partial charge in [-0.2, -0.15) is 0 Å². The fourth-order valence-electron chi connectivity index (χ4n) is 4.08. The molecule has 2 aromatic heterocycles. The molecule has 1 aromatic carbocycles. The normalized spacial score (nSPS) is 23.7. The van der Waals surface area contributed by atoms with E-state index in [1.54, 1.807) is 29.3 Å². The summed E-state index contributed by atoms with van der Waals surface area (Å²) in [7, 11) is 0. The molecule has 2 atom stereocenters. The van der Waals surface area contributed by atoms with Crippen molar-refractivity contribution in [3.63, 3.8) is 0 Å². The van der Waals surface area contributed by atoms with Crippen LogP contribution in [0.5, 0.6) is 0 Å². The highest BCUT2D eigenvalue weighted by Crippen LogP contribution is 2.34. The summed E-state index contributed by atoms with van der Waals surface area (Å²) in [5.41, 5.74) is 2.38. The molecule has 0 aliphatic carbocycles.